The Balaban J connectivity index is 2.22. The van der Waals surface area contributed by atoms with E-state index in [-0.39, 0.29) is 17.2 Å². The summed E-state index contributed by atoms with van der Waals surface area (Å²) in [5.41, 5.74) is 2.02. The summed E-state index contributed by atoms with van der Waals surface area (Å²) in [5, 5.41) is 5.56. The number of amides is 1. The van der Waals surface area contributed by atoms with E-state index < -0.39 is 10.0 Å². The van der Waals surface area contributed by atoms with Crippen LogP contribution in [0.25, 0.3) is 0 Å². The van der Waals surface area contributed by atoms with Crippen molar-refractivity contribution in [3.05, 3.63) is 39.8 Å². The molecule has 0 saturated heterocycles. The monoisotopic (exact) mass is 381 g/mol. The number of aryl methyl sites for hydroxylation is 2. The molecular formula is C17H23N3O3S2. The van der Waals surface area contributed by atoms with Crippen molar-refractivity contribution in [2.24, 2.45) is 0 Å². The van der Waals surface area contributed by atoms with Crippen molar-refractivity contribution in [2.45, 2.75) is 39.0 Å². The molecule has 1 amide bonds. The van der Waals surface area contributed by atoms with E-state index in [1.54, 1.807) is 26.0 Å². The number of hydrogen-bond acceptors (Lipinski definition) is 5. The van der Waals surface area contributed by atoms with Crippen LogP contribution in [0.2, 0.25) is 0 Å². The zero-order valence-corrected chi connectivity index (χ0v) is 16.5. The molecule has 0 bridgehead atoms. The summed E-state index contributed by atoms with van der Waals surface area (Å²) in [6, 6.07) is 4.80. The van der Waals surface area contributed by atoms with Gasteiger partial charge in [-0.15, -0.1) is 11.3 Å². The smallest absolute Gasteiger partial charge is 0.243 e. The average Bonchev–Trinajstić information content (AvgIpc) is 2.95. The van der Waals surface area contributed by atoms with Gasteiger partial charge in [0.2, 0.25) is 15.9 Å². The lowest BCUT2D eigenvalue weighted by Gasteiger charge is -2.19. The number of nitrogens with one attached hydrogen (secondary N) is 1. The van der Waals surface area contributed by atoms with E-state index in [1.165, 1.54) is 21.7 Å². The highest BCUT2D eigenvalue weighted by Gasteiger charge is 2.22. The Labute approximate surface area is 153 Å². The molecule has 0 saturated carbocycles. The number of rotatable bonds is 7. The maximum atomic E-state index is 12.6. The summed E-state index contributed by atoms with van der Waals surface area (Å²) < 4.78 is 26.7. The Morgan fingerprint density at radius 3 is 2.48 bits per heavy atom. The molecule has 8 heteroatoms. The Morgan fingerprint density at radius 2 is 1.92 bits per heavy atom. The lowest BCUT2D eigenvalue weighted by molar-refractivity contribution is -0.115. The molecule has 2 aromatic rings. The third-order valence-electron chi connectivity index (χ3n) is 3.83. The number of benzene rings is 1. The quantitative estimate of drug-likeness (QED) is 0.800. The first-order valence-electron chi connectivity index (χ1n) is 8.09. The first-order valence-corrected chi connectivity index (χ1v) is 10.4. The Kier molecular flexibility index (Phi) is 6.31. The molecule has 0 aliphatic carbocycles. The molecule has 0 spiro atoms. The summed E-state index contributed by atoms with van der Waals surface area (Å²) in [6.07, 6.45) is 0.163. The Morgan fingerprint density at radius 1 is 1.24 bits per heavy atom. The fourth-order valence-corrected chi connectivity index (χ4v) is 4.55. The number of sulfonamides is 1. The van der Waals surface area contributed by atoms with E-state index in [2.05, 4.69) is 10.3 Å². The predicted molar refractivity (Wildman–Crippen MR) is 100 cm³/mol. The van der Waals surface area contributed by atoms with Crippen LogP contribution in [-0.2, 0) is 21.2 Å². The van der Waals surface area contributed by atoms with E-state index in [0.29, 0.717) is 24.5 Å². The van der Waals surface area contributed by atoms with Gasteiger partial charge in [-0.3, -0.25) is 4.79 Å². The van der Waals surface area contributed by atoms with Gasteiger partial charge in [-0.05, 0) is 31.5 Å². The van der Waals surface area contributed by atoms with Gasteiger partial charge in [0, 0.05) is 24.2 Å². The molecule has 25 heavy (non-hydrogen) atoms. The number of carbonyl (C=O) groups is 1. The second-order valence-electron chi connectivity index (χ2n) is 5.65. The molecular weight excluding hydrogens is 358 g/mol. The maximum Gasteiger partial charge on any atom is 0.243 e. The van der Waals surface area contributed by atoms with Gasteiger partial charge in [-0.2, -0.15) is 4.31 Å². The van der Waals surface area contributed by atoms with Gasteiger partial charge in [0.05, 0.1) is 22.0 Å². The van der Waals surface area contributed by atoms with Crippen molar-refractivity contribution in [1.29, 1.82) is 0 Å². The zero-order valence-electron chi connectivity index (χ0n) is 14.9. The first kappa shape index (κ1) is 19.6. The highest BCUT2D eigenvalue weighted by molar-refractivity contribution is 7.89. The zero-order chi connectivity index (χ0) is 18.6. The van der Waals surface area contributed by atoms with E-state index in [0.717, 1.165) is 10.6 Å². The van der Waals surface area contributed by atoms with Crippen LogP contribution >= 0.6 is 11.3 Å². The molecule has 2 rings (SSSR count). The van der Waals surface area contributed by atoms with E-state index in [1.807, 2.05) is 19.2 Å². The third-order valence-corrected chi connectivity index (χ3v) is 6.70. The largest absolute Gasteiger partial charge is 0.325 e. The van der Waals surface area contributed by atoms with Crippen LogP contribution in [0.4, 0.5) is 5.69 Å². The Hall–Kier alpha value is -1.77. The van der Waals surface area contributed by atoms with Gasteiger partial charge in [-0.1, -0.05) is 19.9 Å². The van der Waals surface area contributed by atoms with Crippen molar-refractivity contribution >= 4 is 33.0 Å². The number of thiazole rings is 1. The SMILES string of the molecule is CCN(CC)S(=O)(=O)c1ccc(C)c(NC(=O)Cc2csc(C)n2)c1. The molecule has 1 N–H and O–H groups in total. The highest BCUT2D eigenvalue weighted by Crippen LogP contribution is 2.23. The van der Waals surface area contributed by atoms with Gasteiger partial charge in [0.1, 0.15) is 0 Å². The van der Waals surface area contributed by atoms with Crippen LogP contribution in [0.3, 0.4) is 0 Å². The fourth-order valence-electron chi connectivity index (χ4n) is 2.46. The molecule has 136 valence electrons. The van der Waals surface area contributed by atoms with Crippen molar-refractivity contribution in [3.8, 4) is 0 Å². The first-order chi connectivity index (χ1) is 11.8. The molecule has 0 fully saturated rings. The van der Waals surface area contributed by atoms with Crippen LogP contribution in [-0.4, -0.2) is 36.7 Å². The number of aromatic nitrogens is 1. The second kappa shape index (κ2) is 8.07. The summed E-state index contributed by atoms with van der Waals surface area (Å²) in [5.74, 6) is -0.217. The van der Waals surface area contributed by atoms with Crippen LogP contribution in [0.5, 0.6) is 0 Å². The van der Waals surface area contributed by atoms with Crippen molar-refractivity contribution in [1.82, 2.24) is 9.29 Å². The molecule has 0 aliphatic rings. The van der Waals surface area contributed by atoms with Crippen LogP contribution in [0, 0.1) is 13.8 Å². The standard InChI is InChI=1S/C17H23N3O3S2/c1-5-20(6-2)25(22,23)15-8-7-12(3)16(10-15)19-17(21)9-14-11-24-13(4)18-14/h7-8,10-11H,5-6,9H2,1-4H3,(H,19,21). The molecule has 6 nitrogen and oxygen atoms in total. The summed E-state index contributed by atoms with van der Waals surface area (Å²) in [4.78, 5) is 16.7. The van der Waals surface area contributed by atoms with Gasteiger partial charge >= 0.3 is 0 Å². The van der Waals surface area contributed by atoms with Crippen LogP contribution in [0.1, 0.15) is 30.1 Å². The summed E-state index contributed by atoms with van der Waals surface area (Å²) in [6.45, 7) is 8.12. The molecule has 1 aromatic carbocycles. The van der Waals surface area contributed by atoms with Crippen molar-refractivity contribution in [3.63, 3.8) is 0 Å². The molecule has 0 atom stereocenters. The average molecular weight is 382 g/mol. The lowest BCUT2D eigenvalue weighted by atomic mass is 10.2. The highest BCUT2D eigenvalue weighted by atomic mass is 32.2. The molecule has 1 heterocycles. The maximum absolute atomic E-state index is 12.6. The Bertz CT molecular complexity index is 856. The lowest BCUT2D eigenvalue weighted by Crippen LogP contribution is -2.30. The minimum atomic E-state index is -3.56. The number of hydrogen-bond donors (Lipinski definition) is 1. The van der Waals surface area contributed by atoms with Crippen LogP contribution in [0.15, 0.2) is 28.5 Å². The molecule has 1 aromatic heterocycles. The number of nitrogens with zero attached hydrogens (tertiary/aromatic N) is 2. The van der Waals surface area contributed by atoms with Gasteiger partial charge in [0.15, 0.2) is 0 Å². The van der Waals surface area contributed by atoms with Gasteiger partial charge in [-0.25, -0.2) is 13.4 Å². The summed E-state index contributed by atoms with van der Waals surface area (Å²) in [7, 11) is -3.56. The van der Waals surface area contributed by atoms with E-state index in [4.69, 9.17) is 0 Å². The van der Waals surface area contributed by atoms with Crippen molar-refractivity contribution < 1.29 is 13.2 Å². The van der Waals surface area contributed by atoms with Gasteiger partial charge < -0.3 is 5.32 Å². The minimum absolute atomic E-state index is 0.163. The molecule has 0 aliphatic heterocycles. The predicted octanol–water partition coefficient (Wildman–Crippen LogP) is 2.97. The molecule has 0 unspecified atom stereocenters. The second-order valence-corrected chi connectivity index (χ2v) is 8.65. The van der Waals surface area contributed by atoms with Crippen LogP contribution < -0.4 is 5.32 Å². The fraction of sp³-hybridized carbons (Fsp3) is 0.412. The minimum Gasteiger partial charge on any atom is -0.325 e. The summed E-state index contributed by atoms with van der Waals surface area (Å²) >= 11 is 1.49. The van der Waals surface area contributed by atoms with Crippen molar-refractivity contribution in [2.75, 3.05) is 18.4 Å². The van der Waals surface area contributed by atoms with Gasteiger partial charge in [0.25, 0.3) is 0 Å². The normalized spacial score (nSPS) is 11.7. The number of anilines is 1. The topological polar surface area (TPSA) is 79.4 Å². The molecule has 0 radical (unpaired) electrons. The van der Waals surface area contributed by atoms with E-state index in [9.17, 15) is 13.2 Å². The van der Waals surface area contributed by atoms with E-state index >= 15 is 0 Å². The number of carbonyl (C=O) groups excluding carboxylic acids is 1. The third kappa shape index (κ3) is 4.65.